The number of nitrogens with one attached hydrogen (secondary N) is 1. The van der Waals surface area contributed by atoms with Gasteiger partial charge in [0, 0.05) is 12.1 Å². The number of hydrogen-bond acceptors (Lipinski definition) is 6. The summed E-state index contributed by atoms with van der Waals surface area (Å²) in [6.45, 7) is 2.33. The Kier molecular flexibility index (Phi) is 8.63. The SMILES string of the molecule is C#CCOc1ccc(/C=C(\C#N)C(=O)Nc2cc(OC)c(Cl)cc2OC)cc1OCC. The van der Waals surface area contributed by atoms with Gasteiger partial charge >= 0.3 is 0 Å². The molecule has 0 spiro atoms. The first-order valence-corrected chi connectivity index (χ1v) is 9.52. The van der Waals surface area contributed by atoms with E-state index in [4.69, 9.17) is 37.0 Å². The van der Waals surface area contributed by atoms with Crippen LogP contribution in [0.15, 0.2) is 35.9 Å². The molecule has 7 nitrogen and oxygen atoms in total. The van der Waals surface area contributed by atoms with Gasteiger partial charge in [0.15, 0.2) is 11.5 Å². The summed E-state index contributed by atoms with van der Waals surface area (Å²) in [5.74, 6) is 3.36. The Morgan fingerprint density at radius 1 is 1.13 bits per heavy atom. The highest BCUT2D eigenvalue weighted by molar-refractivity contribution is 6.32. The number of benzene rings is 2. The number of amides is 1. The average Bonchev–Trinajstić information content (AvgIpc) is 2.77. The first-order chi connectivity index (χ1) is 15.0. The van der Waals surface area contributed by atoms with Crippen LogP contribution in [-0.2, 0) is 4.79 Å². The van der Waals surface area contributed by atoms with E-state index in [2.05, 4.69) is 11.2 Å². The maximum atomic E-state index is 12.7. The Morgan fingerprint density at radius 3 is 2.48 bits per heavy atom. The van der Waals surface area contributed by atoms with Gasteiger partial charge in [-0.3, -0.25) is 4.79 Å². The maximum Gasteiger partial charge on any atom is 0.266 e. The lowest BCUT2D eigenvalue weighted by atomic mass is 10.1. The van der Waals surface area contributed by atoms with Crippen molar-refractivity contribution in [3.8, 4) is 41.4 Å². The van der Waals surface area contributed by atoms with E-state index in [-0.39, 0.29) is 12.2 Å². The first-order valence-electron chi connectivity index (χ1n) is 9.15. The van der Waals surface area contributed by atoms with Crippen LogP contribution in [0.2, 0.25) is 5.02 Å². The minimum atomic E-state index is -0.629. The summed E-state index contributed by atoms with van der Waals surface area (Å²) in [6.07, 6.45) is 6.66. The molecule has 2 aromatic rings. The van der Waals surface area contributed by atoms with E-state index >= 15 is 0 Å². The summed E-state index contributed by atoms with van der Waals surface area (Å²) in [6, 6.07) is 9.93. The van der Waals surface area contributed by atoms with E-state index in [0.29, 0.717) is 45.9 Å². The molecule has 0 fully saturated rings. The summed E-state index contributed by atoms with van der Waals surface area (Å²) in [4.78, 5) is 12.7. The number of nitriles is 1. The van der Waals surface area contributed by atoms with Crippen molar-refractivity contribution in [2.45, 2.75) is 6.92 Å². The topological polar surface area (TPSA) is 89.8 Å². The number of methoxy groups -OCH3 is 2. The third-order valence-corrected chi connectivity index (χ3v) is 4.27. The second kappa shape index (κ2) is 11.4. The zero-order chi connectivity index (χ0) is 22.8. The highest BCUT2D eigenvalue weighted by atomic mass is 35.5. The molecule has 31 heavy (non-hydrogen) atoms. The molecule has 2 aromatic carbocycles. The first kappa shape index (κ1) is 23.5. The normalized spacial score (nSPS) is 10.5. The predicted octanol–water partition coefficient (Wildman–Crippen LogP) is 4.31. The third kappa shape index (κ3) is 6.08. The summed E-state index contributed by atoms with van der Waals surface area (Å²) in [5, 5.41) is 12.5. The highest BCUT2D eigenvalue weighted by Crippen LogP contribution is 2.36. The van der Waals surface area contributed by atoms with Crippen LogP contribution >= 0.6 is 11.6 Å². The van der Waals surface area contributed by atoms with Crippen molar-refractivity contribution < 1.29 is 23.7 Å². The van der Waals surface area contributed by atoms with Crippen molar-refractivity contribution in [2.75, 3.05) is 32.8 Å². The molecule has 0 aliphatic carbocycles. The molecule has 0 aliphatic heterocycles. The number of ether oxygens (including phenoxy) is 4. The number of halogens is 1. The molecular formula is C23H21ClN2O5. The lowest BCUT2D eigenvalue weighted by molar-refractivity contribution is -0.112. The Labute approximate surface area is 186 Å². The van der Waals surface area contributed by atoms with Gasteiger partial charge < -0.3 is 24.3 Å². The minimum Gasteiger partial charge on any atom is -0.495 e. The molecule has 1 N–H and O–H groups in total. The van der Waals surface area contributed by atoms with E-state index < -0.39 is 5.91 Å². The Morgan fingerprint density at radius 2 is 1.87 bits per heavy atom. The molecule has 0 aliphatic rings. The smallest absolute Gasteiger partial charge is 0.266 e. The number of anilines is 1. The maximum absolute atomic E-state index is 12.7. The second-order valence-corrected chi connectivity index (χ2v) is 6.35. The van der Waals surface area contributed by atoms with Crippen LogP contribution in [0.4, 0.5) is 5.69 Å². The Hall–Kier alpha value is -3.81. The number of carbonyl (C=O) groups excluding carboxylic acids is 1. The van der Waals surface area contributed by atoms with Crippen LogP contribution in [0.25, 0.3) is 6.08 Å². The van der Waals surface area contributed by atoms with Gasteiger partial charge in [-0.25, -0.2) is 0 Å². The number of rotatable bonds is 9. The molecule has 0 bridgehead atoms. The summed E-state index contributed by atoms with van der Waals surface area (Å²) in [5.41, 5.74) is 0.752. The lowest BCUT2D eigenvalue weighted by Gasteiger charge is -2.13. The molecule has 0 atom stereocenters. The standard InChI is InChI=1S/C23H21ClN2O5/c1-5-9-31-19-8-7-15(11-22(19)30-6-2)10-16(14-25)23(27)26-18-13-20(28-3)17(24)12-21(18)29-4/h1,7-8,10-13H,6,9H2,2-4H3,(H,26,27)/b16-10+. The van der Waals surface area contributed by atoms with Crippen molar-refractivity contribution in [3.05, 3.63) is 46.5 Å². The second-order valence-electron chi connectivity index (χ2n) is 5.94. The molecule has 0 heterocycles. The van der Waals surface area contributed by atoms with Gasteiger partial charge in [-0.2, -0.15) is 5.26 Å². The van der Waals surface area contributed by atoms with E-state index in [1.54, 1.807) is 18.2 Å². The Bertz CT molecular complexity index is 1070. The van der Waals surface area contributed by atoms with Gasteiger partial charge in [0.05, 0.1) is 31.5 Å². The van der Waals surface area contributed by atoms with Crippen LogP contribution < -0.4 is 24.3 Å². The molecule has 0 saturated carbocycles. The number of carbonyl (C=O) groups is 1. The van der Waals surface area contributed by atoms with Crippen LogP contribution in [0.3, 0.4) is 0 Å². The zero-order valence-electron chi connectivity index (χ0n) is 17.3. The zero-order valence-corrected chi connectivity index (χ0v) is 18.1. The van der Waals surface area contributed by atoms with Gasteiger partial charge in [-0.05, 0) is 30.7 Å². The molecule has 1 amide bonds. The molecule has 2 rings (SSSR count). The fraction of sp³-hybridized carbons (Fsp3) is 0.217. The quantitative estimate of drug-likeness (QED) is 0.355. The molecule has 0 aromatic heterocycles. The van der Waals surface area contributed by atoms with Crippen LogP contribution in [0.5, 0.6) is 23.0 Å². The van der Waals surface area contributed by atoms with Gasteiger partial charge in [-0.15, -0.1) is 6.42 Å². The highest BCUT2D eigenvalue weighted by Gasteiger charge is 2.16. The van der Waals surface area contributed by atoms with Gasteiger partial charge in [0.2, 0.25) is 0 Å². The van der Waals surface area contributed by atoms with Gasteiger partial charge in [0.1, 0.15) is 29.7 Å². The summed E-state index contributed by atoms with van der Waals surface area (Å²) in [7, 11) is 2.89. The van der Waals surface area contributed by atoms with Crippen molar-refractivity contribution >= 4 is 29.3 Å². The molecule has 8 heteroatoms. The van der Waals surface area contributed by atoms with Crippen LogP contribution in [0.1, 0.15) is 12.5 Å². The van der Waals surface area contributed by atoms with Gasteiger partial charge in [-0.1, -0.05) is 23.6 Å². The predicted molar refractivity (Wildman–Crippen MR) is 119 cm³/mol. The van der Waals surface area contributed by atoms with Crippen LogP contribution in [0, 0.1) is 23.7 Å². The van der Waals surface area contributed by atoms with Gasteiger partial charge in [0.25, 0.3) is 5.91 Å². The molecular weight excluding hydrogens is 420 g/mol. The minimum absolute atomic E-state index is 0.0908. The lowest BCUT2D eigenvalue weighted by Crippen LogP contribution is -2.14. The van der Waals surface area contributed by atoms with Crippen LogP contribution in [-0.4, -0.2) is 33.3 Å². The average molecular weight is 441 g/mol. The molecule has 0 radical (unpaired) electrons. The monoisotopic (exact) mass is 440 g/mol. The fourth-order valence-electron chi connectivity index (χ4n) is 2.58. The third-order valence-electron chi connectivity index (χ3n) is 3.98. The molecule has 0 unspecified atom stereocenters. The van der Waals surface area contributed by atoms with Crippen molar-refractivity contribution in [2.24, 2.45) is 0 Å². The summed E-state index contributed by atoms with van der Waals surface area (Å²) < 4.78 is 21.4. The summed E-state index contributed by atoms with van der Waals surface area (Å²) >= 11 is 6.08. The van der Waals surface area contributed by atoms with E-state index in [0.717, 1.165) is 0 Å². The Balaban J connectivity index is 2.33. The van der Waals surface area contributed by atoms with E-state index in [9.17, 15) is 10.1 Å². The number of terminal acetylenes is 1. The van der Waals surface area contributed by atoms with E-state index in [1.165, 1.54) is 32.4 Å². The molecule has 0 saturated heterocycles. The largest absolute Gasteiger partial charge is 0.495 e. The number of hydrogen-bond donors (Lipinski definition) is 1. The number of nitrogens with zero attached hydrogens (tertiary/aromatic N) is 1. The van der Waals surface area contributed by atoms with Crippen molar-refractivity contribution in [1.82, 2.24) is 0 Å². The molecule has 160 valence electrons. The van der Waals surface area contributed by atoms with Crippen molar-refractivity contribution in [3.63, 3.8) is 0 Å². The van der Waals surface area contributed by atoms with E-state index in [1.807, 2.05) is 13.0 Å². The fourth-order valence-corrected chi connectivity index (χ4v) is 2.82. The van der Waals surface area contributed by atoms with Crippen molar-refractivity contribution in [1.29, 1.82) is 5.26 Å².